The highest BCUT2D eigenvalue weighted by atomic mass is 16.6. The minimum Gasteiger partial charge on any atom is -0.447 e. The van der Waals surface area contributed by atoms with Crippen molar-refractivity contribution < 1.29 is 18.8 Å². The number of rotatable bonds is 4. The summed E-state index contributed by atoms with van der Waals surface area (Å²) in [4.78, 5) is 23.7. The number of anilines is 1. The van der Waals surface area contributed by atoms with Crippen molar-refractivity contribution in [1.29, 1.82) is 5.26 Å². The molecule has 2 aromatic rings. The number of hydrogen-bond acceptors (Lipinski definition) is 6. The average molecular weight is 299 g/mol. The Kier molecular flexibility index (Phi) is 4.53. The van der Waals surface area contributed by atoms with Gasteiger partial charge in [0.15, 0.2) is 6.10 Å². The molecule has 0 aliphatic rings. The second kappa shape index (κ2) is 6.54. The molecule has 0 aliphatic heterocycles. The maximum Gasteiger partial charge on any atom is 0.377 e. The van der Waals surface area contributed by atoms with Gasteiger partial charge in [-0.3, -0.25) is 4.79 Å². The number of nitrogens with one attached hydrogen (secondary N) is 1. The fraction of sp³-hybridized carbons (Fsp3) is 0.200. The highest BCUT2D eigenvalue weighted by Crippen LogP contribution is 2.12. The Morgan fingerprint density at radius 1 is 1.41 bits per heavy atom. The third-order valence-electron chi connectivity index (χ3n) is 2.74. The Morgan fingerprint density at radius 2 is 2.18 bits per heavy atom. The van der Waals surface area contributed by atoms with Crippen molar-refractivity contribution in [2.75, 3.05) is 5.32 Å². The van der Waals surface area contributed by atoms with Gasteiger partial charge in [-0.2, -0.15) is 5.26 Å². The van der Waals surface area contributed by atoms with E-state index < -0.39 is 18.0 Å². The normalized spacial score (nSPS) is 11.3. The first-order valence-electron chi connectivity index (χ1n) is 6.45. The molecule has 0 saturated heterocycles. The molecule has 2 rings (SSSR count). The fourth-order valence-electron chi connectivity index (χ4n) is 1.64. The molecule has 1 amide bonds. The predicted molar refractivity (Wildman–Crippen MR) is 75.9 cm³/mol. The number of amides is 1. The molecule has 7 heteroatoms. The smallest absolute Gasteiger partial charge is 0.377 e. The van der Waals surface area contributed by atoms with Crippen LogP contribution in [0, 0.1) is 18.3 Å². The van der Waals surface area contributed by atoms with Crippen molar-refractivity contribution in [1.82, 2.24) is 5.16 Å². The highest BCUT2D eigenvalue weighted by molar-refractivity contribution is 5.96. The van der Waals surface area contributed by atoms with Crippen molar-refractivity contribution in [2.45, 2.75) is 20.0 Å². The summed E-state index contributed by atoms with van der Waals surface area (Å²) in [7, 11) is 0. The molecule has 1 aromatic carbocycles. The van der Waals surface area contributed by atoms with Crippen LogP contribution in [0.25, 0.3) is 0 Å². The SMILES string of the molecule is Cc1cc(C(=O)O[C@H](C)C(=O)Nc2cccc(C#N)c2)on1. The molecule has 1 atom stereocenters. The van der Waals surface area contributed by atoms with Crippen LogP contribution in [0.5, 0.6) is 0 Å². The Balaban J connectivity index is 1.97. The van der Waals surface area contributed by atoms with E-state index >= 15 is 0 Å². The van der Waals surface area contributed by atoms with Crippen molar-refractivity contribution in [3.63, 3.8) is 0 Å². The van der Waals surface area contributed by atoms with Gasteiger partial charge in [0, 0.05) is 11.8 Å². The average Bonchev–Trinajstić information content (AvgIpc) is 2.94. The van der Waals surface area contributed by atoms with Gasteiger partial charge in [0.05, 0.1) is 17.3 Å². The standard InChI is InChI=1S/C15H13N3O4/c1-9-6-13(22-18-9)15(20)21-10(2)14(19)17-12-5-3-4-11(7-12)8-16/h3-7,10H,1-2H3,(H,17,19)/t10-/m1/s1. The molecule has 1 aromatic heterocycles. The topological polar surface area (TPSA) is 105 Å². The van der Waals surface area contributed by atoms with E-state index in [-0.39, 0.29) is 5.76 Å². The van der Waals surface area contributed by atoms with Crippen LogP contribution in [-0.4, -0.2) is 23.1 Å². The van der Waals surface area contributed by atoms with Gasteiger partial charge in [0.2, 0.25) is 5.76 Å². The zero-order valence-electron chi connectivity index (χ0n) is 12.0. The Hall–Kier alpha value is -3.14. The first-order valence-corrected chi connectivity index (χ1v) is 6.45. The van der Waals surface area contributed by atoms with E-state index in [0.29, 0.717) is 16.9 Å². The summed E-state index contributed by atoms with van der Waals surface area (Å²) < 4.78 is 9.75. The molecule has 0 aliphatic carbocycles. The van der Waals surface area contributed by atoms with Crippen LogP contribution in [0.2, 0.25) is 0 Å². The minimum atomic E-state index is -1.02. The summed E-state index contributed by atoms with van der Waals surface area (Å²) in [5.41, 5.74) is 1.40. The maximum absolute atomic E-state index is 12.0. The Bertz CT molecular complexity index is 745. The Morgan fingerprint density at radius 3 is 2.82 bits per heavy atom. The van der Waals surface area contributed by atoms with Crippen LogP contribution < -0.4 is 5.32 Å². The van der Waals surface area contributed by atoms with Gasteiger partial charge in [-0.25, -0.2) is 4.79 Å². The van der Waals surface area contributed by atoms with Crippen molar-refractivity contribution in [3.8, 4) is 6.07 Å². The van der Waals surface area contributed by atoms with E-state index in [1.54, 1.807) is 25.1 Å². The van der Waals surface area contributed by atoms with Gasteiger partial charge in [-0.15, -0.1) is 0 Å². The number of carbonyl (C=O) groups is 2. The second-order valence-corrected chi connectivity index (χ2v) is 4.56. The molecule has 112 valence electrons. The third-order valence-corrected chi connectivity index (χ3v) is 2.74. The molecule has 0 fully saturated rings. The van der Waals surface area contributed by atoms with Gasteiger partial charge in [0.25, 0.3) is 5.91 Å². The number of carbonyl (C=O) groups excluding carboxylic acids is 2. The zero-order chi connectivity index (χ0) is 16.1. The molecule has 0 unspecified atom stereocenters. The lowest BCUT2D eigenvalue weighted by atomic mass is 10.2. The summed E-state index contributed by atoms with van der Waals surface area (Å²) in [6, 6.07) is 9.80. The largest absolute Gasteiger partial charge is 0.447 e. The van der Waals surface area contributed by atoms with E-state index in [4.69, 9.17) is 14.5 Å². The highest BCUT2D eigenvalue weighted by Gasteiger charge is 2.21. The van der Waals surface area contributed by atoms with Crippen molar-refractivity contribution in [2.24, 2.45) is 0 Å². The molecular formula is C15H13N3O4. The van der Waals surface area contributed by atoms with Crippen molar-refractivity contribution >= 4 is 17.6 Å². The number of ether oxygens (including phenoxy) is 1. The number of esters is 1. The van der Waals surface area contributed by atoms with Crippen LogP contribution in [0.1, 0.15) is 28.7 Å². The lowest BCUT2D eigenvalue weighted by Gasteiger charge is -2.12. The van der Waals surface area contributed by atoms with E-state index in [2.05, 4.69) is 10.5 Å². The molecule has 0 radical (unpaired) electrons. The van der Waals surface area contributed by atoms with E-state index in [9.17, 15) is 9.59 Å². The van der Waals surface area contributed by atoms with Gasteiger partial charge in [-0.05, 0) is 32.0 Å². The molecule has 22 heavy (non-hydrogen) atoms. The molecule has 1 N–H and O–H groups in total. The van der Waals surface area contributed by atoms with Gasteiger partial charge >= 0.3 is 5.97 Å². The molecular weight excluding hydrogens is 286 g/mol. The summed E-state index contributed by atoms with van der Waals surface area (Å²) in [5.74, 6) is -1.35. The van der Waals surface area contributed by atoms with Crippen molar-refractivity contribution in [3.05, 3.63) is 47.3 Å². The number of nitriles is 1. The maximum atomic E-state index is 12.0. The molecule has 7 nitrogen and oxygen atoms in total. The van der Waals surface area contributed by atoms with Gasteiger partial charge in [-0.1, -0.05) is 11.2 Å². The molecule has 0 spiro atoms. The first kappa shape index (κ1) is 15.3. The second-order valence-electron chi connectivity index (χ2n) is 4.56. The minimum absolute atomic E-state index is 0.0661. The monoisotopic (exact) mass is 299 g/mol. The van der Waals surface area contributed by atoms with Crippen LogP contribution in [0.4, 0.5) is 5.69 Å². The number of aryl methyl sites for hydroxylation is 1. The molecule has 1 heterocycles. The Labute approximate surface area is 126 Å². The zero-order valence-corrected chi connectivity index (χ0v) is 12.0. The molecule has 0 bridgehead atoms. The van der Waals surface area contributed by atoms with Gasteiger partial charge in [0.1, 0.15) is 0 Å². The first-order chi connectivity index (χ1) is 10.5. The number of nitrogens with zero attached hydrogens (tertiary/aromatic N) is 2. The van der Waals surface area contributed by atoms with Crippen LogP contribution in [-0.2, 0) is 9.53 Å². The fourth-order valence-corrected chi connectivity index (χ4v) is 1.64. The van der Waals surface area contributed by atoms with E-state index in [1.165, 1.54) is 19.1 Å². The lowest BCUT2D eigenvalue weighted by molar-refractivity contribution is -0.123. The summed E-state index contributed by atoms with van der Waals surface area (Å²) in [5, 5.41) is 14.9. The van der Waals surface area contributed by atoms with Crippen LogP contribution in [0.15, 0.2) is 34.9 Å². The van der Waals surface area contributed by atoms with Crippen LogP contribution in [0.3, 0.4) is 0 Å². The van der Waals surface area contributed by atoms with Crippen LogP contribution >= 0.6 is 0 Å². The molecule has 0 saturated carbocycles. The number of aromatic nitrogens is 1. The summed E-state index contributed by atoms with van der Waals surface area (Å²) in [6.07, 6.45) is -1.02. The summed E-state index contributed by atoms with van der Waals surface area (Å²) in [6.45, 7) is 3.10. The summed E-state index contributed by atoms with van der Waals surface area (Å²) >= 11 is 0. The predicted octanol–water partition coefficient (Wildman–Crippen LogP) is 2.04. The van der Waals surface area contributed by atoms with E-state index in [1.807, 2.05) is 6.07 Å². The van der Waals surface area contributed by atoms with Gasteiger partial charge < -0.3 is 14.6 Å². The van der Waals surface area contributed by atoms with E-state index in [0.717, 1.165) is 0 Å². The number of hydrogen-bond donors (Lipinski definition) is 1. The number of benzene rings is 1. The quantitative estimate of drug-likeness (QED) is 0.866. The third kappa shape index (κ3) is 3.70. The lowest BCUT2D eigenvalue weighted by Crippen LogP contribution is -2.29.